The highest BCUT2D eigenvalue weighted by atomic mass is 35.5. The number of nitrogens with two attached hydrogens (primary N) is 1. The van der Waals surface area contributed by atoms with Crippen molar-refractivity contribution in [2.75, 3.05) is 26.5 Å². The molecule has 0 radical (unpaired) electrons. The number of carbonyl (C=O) groups excluding carboxylic acids is 2. The molecular weight excluding hydrogens is 528 g/mol. The van der Waals surface area contributed by atoms with Gasteiger partial charge in [0.2, 0.25) is 9.84 Å². The first-order chi connectivity index (χ1) is 17.5. The Morgan fingerprint density at radius 1 is 1.00 bits per heavy atom. The molecule has 0 aliphatic rings. The fourth-order valence-electron chi connectivity index (χ4n) is 3.96. The fourth-order valence-corrected chi connectivity index (χ4v) is 5.38. The van der Waals surface area contributed by atoms with E-state index in [0.29, 0.717) is 33.6 Å². The van der Waals surface area contributed by atoms with Crippen LogP contribution >= 0.6 is 12.4 Å². The number of aryl methyl sites for hydroxylation is 1. The van der Waals surface area contributed by atoms with Crippen LogP contribution in [0, 0.1) is 6.92 Å². The molecule has 4 rings (SSSR count). The van der Waals surface area contributed by atoms with E-state index in [0.717, 1.165) is 0 Å². The van der Waals surface area contributed by atoms with E-state index < -0.39 is 15.7 Å². The number of methoxy groups -OCH3 is 1. The molecule has 2 amide bonds. The van der Waals surface area contributed by atoms with Crippen LogP contribution in [0.15, 0.2) is 76.7 Å². The molecule has 0 bridgehead atoms. The van der Waals surface area contributed by atoms with Gasteiger partial charge in [0.25, 0.3) is 11.8 Å². The van der Waals surface area contributed by atoms with Gasteiger partial charge in [0.1, 0.15) is 5.75 Å². The SMILES string of the molecule is COc1cccc(Nc2c(C(N)=O)cnc3c(C)cc(S(=O)(=O)c4cccc(C(=O)N(C)C)c4)cc23)c1.Cl. The topological polar surface area (TPSA) is 132 Å². The quantitative estimate of drug-likeness (QED) is 0.347. The summed E-state index contributed by atoms with van der Waals surface area (Å²) in [5.74, 6) is -0.442. The predicted molar refractivity (Wildman–Crippen MR) is 148 cm³/mol. The van der Waals surface area contributed by atoms with E-state index in [1.165, 1.54) is 48.5 Å². The van der Waals surface area contributed by atoms with Gasteiger partial charge in [-0.05, 0) is 55.0 Å². The Morgan fingerprint density at radius 2 is 1.71 bits per heavy atom. The molecule has 4 aromatic rings. The van der Waals surface area contributed by atoms with Crippen LogP contribution in [0.4, 0.5) is 11.4 Å². The maximum absolute atomic E-state index is 13.7. The number of primary amides is 1. The van der Waals surface area contributed by atoms with E-state index in [4.69, 9.17) is 10.5 Å². The van der Waals surface area contributed by atoms with Crippen molar-refractivity contribution in [1.29, 1.82) is 0 Å². The third-order valence-electron chi connectivity index (χ3n) is 5.85. The van der Waals surface area contributed by atoms with E-state index >= 15 is 0 Å². The van der Waals surface area contributed by atoms with Crippen LogP contribution in [0.25, 0.3) is 10.9 Å². The van der Waals surface area contributed by atoms with Crippen molar-refractivity contribution in [2.45, 2.75) is 16.7 Å². The van der Waals surface area contributed by atoms with Crippen molar-refractivity contribution in [3.8, 4) is 5.75 Å². The Hall–Kier alpha value is -4.15. The van der Waals surface area contributed by atoms with Gasteiger partial charge in [-0.15, -0.1) is 12.4 Å². The highest BCUT2D eigenvalue weighted by molar-refractivity contribution is 7.91. The number of rotatable bonds is 7. The van der Waals surface area contributed by atoms with Crippen LogP contribution in [-0.4, -0.2) is 51.3 Å². The molecule has 0 saturated heterocycles. The summed E-state index contributed by atoms with van der Waals surface area (Å²) in [6.45, 7) is 1.74. The minimum Gasteiger partial charge on any atom is -0.497 e. The number of nitrogens with zero attached hydrogens (tertiary/aromatic N) is 2. The Balaban J connectivity index is 0.00000400. The van der Waals surface area contributed by atoms with Gasteiger partial charge in [-0.25, -0.2) is 8.42 Å². The first kappa shape index (κ1) is 28.4. The van der Waals surface area contributed by atoms with Gasteiger partial charge >= 0.3 is 0 Å². The number of sulfone groups is 1. The minimum absolute atomic E-state index is 0. The van der Waals surface area contributed by atoms with Crippen LogP contribution in [0.3, 0.4) is 0 Å². The second-order valence-electron chi connectivity index (χ2n) is 8.64. The van der Waals surface area contributed by atoms with Crippen LogP contribution in [0.5, 0.6) is 5.75 Å². The number of halogens is 1. The smallest absolute Gasteiger partial charge is 0.253 e. The van der Waals surface area contributed by atoms with Gasteiger partial charge in [-0.2, -0.15) is 0 Å². The summed E-state index contributed by atoms with van der Waals surface area (Å²) in [5.41, 5.74) is 8.01. The number of carbonyl (C=O) groups is 2. The zero-order valence-corrected chi connectivity index (χ0v) is 22.8. The normalized spacial score (nSPS) is 10.9. The summed E-state index contributed by atoms with van der Waals surface area (Å²) in [7, 11) is 0.696. The van der Waals surface area contributed by atoms with E-state index in [2.05, 4.69) is 10.3 Å². The van der Waals surface area contributed by atoms with Gasteiger partial charge in [-0.3, -0.25) is 14.6 Å². The Kier molecular flexibility index (Phi) is 8.28. The average molecular weight is 555 g/mol. The third-order valence-corrected chi connectivity index (χ3v) is 7.58. The molecule has 0 aliphatic carbocycles. The van der Waals surface area contributed by atoms with Crippen LogP contribution in [0.1, 0.15) is 26.3 Å². The van der Waals surface area contributed by atoms with E-state index in [9.17, 15) is 18.0 Å². The summed E-state index contributed by atoms with van der Waals surface area (Å²) in [5, 5.41) is 3.59. The monoisotopic (exact) mass is 554 g/mol. The van der Waals surface area contributed by atoms with Crippen LogP contribution in [0.2, 0.25) is 0 Å². The molecule has 0 aliphatic heterocycles. The molecular formula is C27H27ClN4O5S. The van der Waals surface area contributed by atoms with Crippen LogP contribution in [-0.2, 0) is 9.84 Å². The molecule has 1 aromatic heterocycles. The van der Waals surface area contributed by atoms with Crippen molar-refractivity contribution >= 4 is 56.3 Å². The average Bonchev–Trinajstić information content (AvgIpc) is 2.88. The fraction of sp³-hybridized carbons (Fsp3) is 0.148. The number of ether oxygens (including phenoxy) is 1. The molecule has 38 heavy (non-hydrogen) atoms. The molecule has 0 saturated carbocycles. The summed E-state index contributed by atoms with van der Waals surface area (Å²) < 4.78 is 32.6. The van der Waals surface area contributed by atoms with Crippen molar-refractivity contribution in [3.63, 3.8) is 0 Å². The van der Waals surface area contributed by atoms with Crippen molar-refractivity contribution in [3.05, 3.63) is 83.6 Å². The number of benzene rings is 3. The Labute approximate surface area is 227 Å². The molecule has 0 spiro atoms. The summed E-state index contributed by atoms with van der Waals surface area (Å²) in [6.07, 6.45) is 1.37. The molecule has 0 atom stereocenters. The molecule has 1 heterocycles. The molecule has 11 heteroatoms. The number of aromatic nitrogens is 1. The lowest BCUT2D eigenvalue weighted by Crippen LogP contribution is -2.21. The number of pyridine rings is 1. The van der Waals surface area contributed by atoms with Gasteiger partial charge in [0, 0.05) is 43.0 Å². The number of nitrogens with one attached hydrogen (secondary N) is 1. The zero-order chi connectivity index (χ0) is 26.9. The number of fused-ring (bicyclic) bond motifs is 1. The highest BCUT2D eigenvalue weighted by Gasteiger charge is 2.23. The summed E-state index contributed by atoms with van der Waals surface area (Å²) >= 11 is 0. The summed E-state index contributed by atoms with van der Waals surface area (Å²) in [4.78, 5) is 30.4. The Morgan fingerprint density at radius 3 is 2.37 bits per heavy atom. The Bertz CT molecular complexity index is 1660. The lowest BCUT2D eigenvalue weighted by atomic mass is 10.1. The maximum atomic E-state index is 13.7. The van der Waals surface area contributed by atoms with Gasteiger partial charge in [0.05, 0.1) is 33.7 Å². The second kappa shape index (κ2) is 11.1. The van der Waals surface area contributed by atoms with Crippen molar-refractivity contribution in [2.24, 2.45) is 5.73 Å². The molecule has 3 N–H and O–H groups in total. The highest BCUT2D eigenvalue weighted by Crippen LogP contribution is 2.35. The number of hydrogen-bond acceptors (Lipinski definition) is 7. The molecule has 0 fully saturated rings. The van der Waals surface area contributed by atoms with Crippen molar-refractivity contribution < 1.29 is 22.7 Å². The third kappa shape index (κ3) is 5.41. The summed E-state index contributed by atoms with van der Waals surface area (Å²) in [6, 6.07) is 15.9. The molecule has 3 aromatic carbocycles. The zero-order valence-electron chi connectivity index (χ0n) is 21.2. The first-order valence-corrected chi connectivity index (χ1v) is 12.7. The van der Waals surface area contributed by atoms with Crippen LogP contribution < -0.4 is 15.8 Å². The second-order valence-corrected chi connectivity index (χ2v) is 10.6. The van der Waals surface area contributed by atoms with Gasteiger partial charge in [-0.1, -0.05) is 12.1 Å². The number of amides is 2. The first-order valence-electron chi connectivity index (χ1n) is 11.2. The minimum atomic E-state index is -4.03. The largest absolute Gasteiger partial charge is 0.497 e. The molecule has 0 unspecified atom stereocenters. The van der Waals surface area contributed by atoms with Crippen molar-refractivity contribution in [1.82, 2.24) is 9.88 Å². The lowest BCUT2D eigenvalue weighted by Gasteiger charge is -2.16. The van der Waals surface area contributed by atoms with E-state index in [-0.39, 0.29) is 39.2 Å². The van der Waals surface area contributed by atoms with Gasteiger partial charge < -0.3 is 20.7 Å². The van der Waals surface area contributed by atoms with E-state index in [1.54, 1.807) is 51.4 Å². The number of anilines is 2. The van der Waals surface area contributed by atoms with Gasteiger partial charge in [0.15, 0.2) is 0 Å². The number of hydrogen-bond donors (Lipinski definition) is 2. The standard InChI is InChI=1S/C27H26N4O5S.ClH/c1-16-11-21(37(34,35)20-10-5-7-17(12-20)27(33)31(2)3)14-22-24(16)29-15-23(26(28)32)25(22)30-18-8-6-9-19(13-18)36-4;/h5-15H,1-4H3,(H2,28,32)(H,29,30);1H. The molecule has 9 nitrogen and oxygen atoms in total. The maximum Gasteiger partial charge on any atom is 0.253 e. The van der Waals surface area contributed by atoms with E-state index in [1.807, 2.05) is 0 Å². The predicted octanol–water partition coefficient (Wildman–Crippen LogP) is 4.35. The lowest BCUT2D eigenvalue weighted by molar-refractivity contribution is 0.0827. The molecule has 198 valence electrons.